The molecule has 2 aromatic rings. The number of nitrogens with two attached hydrogens (primary N) is 1. The van der Waals surface area contributed by atoms with Crippen molar-refractivity contribution >= 4 is 34.9 Å². The molecular weight excluding hydrogens is 332 g/mol. The highest BCUT2D eigenvalue weighted by molar-refractivity contribution is 5.93. The Morgan fingerprint density at radius 3 is 2.69 bits per heavy atom. The smallest absolute Gasteiger partial charge is 0.241 e. The van der Waals surface area contributed by atoms with E-state index in [0.29, 0.717) is 36.6 Å². The summed E-state index contributed by atoms with van der Waals surface area (Å²) >= 11 is 0. The average Bonchev–Trinajstić information content (AvgIpc) is 3.01. The zero-order valence-corrected chi connectivity index (χ0v) is 15.1. The first-order chi connectivity index (χ1) is 12.4. The van der Waals surface area contributed by atoms with Gasteiger partial charge < -0.3 is 20.5 Å². The summed E-state index contributed by atoms with van der Waals surface area (Å²) in [5.41, 5.74) is 7.27. The number of nitrogens with zero attached hydrogens (tertiary/aromatic N) is 4. The number of nitrogens with one attached hydrogen (secondary N) is 1. The summed E-state index contributed by atoms with van der Waals surface area (Å²) in [5.74, 6) is 0.840. The number of anilines is 1. The van der Waals surface area contributed by atoms with Crippen LogP contribution in [0.4, 0.5) is 5.82 Å². The number of piperazine rings is 1. The van der Waals surface area contributed by atoms with E-state index < -0.39 is 5.91 Å². The van der Waals surface area contributed by atoms with Crippen LogP contribution in [0.2, 0.25) is 0 Å². The number of amides is 2. The molecule has 3 heterocycles. The van der Waals surface area contributed by atoms with E-state index in [9.17, 15) is 9.59 Å². The van der Waals surface area contributed by atoms with Crippen molar-refractivity contribution < 1.29 is 9.59 Å². The van der Waals surface area contributed by atoms with Crippen molar-refractivity contribution in [1.29, 1.82) is 0 Å². The number of fused-ring (bicyclic) bond motifs is 1. The number of carbonyl (C=O) groups is 2. The summed E-state index contributed by atoms with van der Waals surface area (Å²) in [7, 11) is 0. The van der Waals surface area contributed by atoms with Crippen LogP contribution in [0.1, 0.15) is 25.8 Å². The number of hydrogen-bond donors (Lipinski definition) is 2. The Kier molecular flexibility index (Phi) is 5.20. The van der Waals surface area contributed by atoms with Crippen molar-refractivity contribution in [3.8, 4) is 0 Å². The van der Waals surface area contributed by atoms with Gasteiger partial charge in [-0.1, -0.05) is 13.8 Å². The maximum absolute atomic E-state index is 12.2. The van der Waals surface area contributed by atoms with Crippen molar-refractivity contribution in [3.63, 3.8) is 0 Å². The molecule has 1 fully saturated rings. The van der Waals surface area contributed by atoms with Crippen LogP contribution < -0.4 is 10.6 Å². The van der Waals surface area contributed by atoms with Crippen LogP contribution in [-0.4, -0.2) is 57.8 Å². The first-order valence-corrected chi connectivity index (χ1v) is 8.78. The van der Waals surface area contributed by atoms with E-state index in [4.69, 9.17) is 5.73 Å². The second kappa shape index (κ2) is 7.55. The van der Waals surface area contributed by atoms with Gasteiger partial charge in [0.2, 0.25) is 11.8 Å². The van der Waals surface area contributed by atoms with Gasteiger partial charge in [0.15, 0.2) is 5.65 Å². The van der Waals surface area contributed by atoms with Crippen LogP contribution in [0.3, 0.4) is 0 Å². The second-order valence-electron chi connectivity index (χ2n) is 6.87. The second-order valence-corrected chi connectivity index (χ2v) is 6.87. The zero-order valence-electron chi connectivity index (χ0n) is 15.1. The number of carbonyl (C=O) groups excluding carboxylic acids is 2. The predicted octanol–water partition coefficient (Wildman–Crippen LogP) is 1.15. The summed E-state index contributed by atoms with van der Waals surface area (Å²) in [6.45, 7) is 6.93. The lowest BCUT2D eigenvalue weighted by molar-refractivity contribution is -0.132. The lowest BCUT2D eigenvalue weighted by Gasteiger charge is -2.35. The van der Waals surface area contributed by atoms with Gasteiger partial charge >= 0.3 is 0 Å². The van der Waals surface area contributed by atoms with E-state index in [1.165, 1.54) is 6.08 Å². The Morgan fingerprint density at radius 1 is 1.31 bits per heavy atom. The van der Waals surface area contributed by atoms with E-state index in [1.54, 1.807) is 18.5 Å². The van der Waals surface area contributed by atoms with Crippen LogP contribution >= 0.6 is 0 Å². The molecule has 26 heavy (non-hydrogen) atoms. The maximum Gasteiger partial charge on any atom is 0.241 e. The zero-order chi connectivity index (χ0) is 18.7. The SMILES string of the molecule is CC(C)CC(=O)N1CCN(c2cnc3[nH]cc(C=CC(N)=O)c3n2)CC1. The molecule has 138 valence electrons. The highest BCUT2D eigenvalue weighted by atomic mass is 16.2. The van der Waals surface area contributed by atoms with Gasteiger partial charge in [0.25, 0.3) is 0 Å². The molecule has 0 aromatic carbocycles. The highest BCUT2D eigenvalue weighted by Gasteiger charge is 2.22. The van der Waals surface area contributed by atoms with Crippen LogP contribution in [-0.2, 0) is 9.59 Å². The first kappa shape index (κ1) is 17.9. The van der Waals surface area contributed by atoms with Crippen molar-refractivity contribution in [2.75, 3.05) is 31.1 Å². The largest absolute Gasteiger partial charge is 0.366 e. The minimum absolute atomic E-state index is 0.214. The molecule has 1 aliphatic heterocycles. The summed E-state index contributed by atoms with van der Waals surface area (Å²) in [4.78, 5) is 39.3. The lowest BCUT2D eigenvalue weighted by atomic mass is 10.1. The molecule has 3 N–H and O–H groups in total. The number of rotatable bonds is 5. The molecule has 0 spiro atoms. The first-order valence-electron chi connectivity index (χ1n) is 8.78. The van der Waals surface area contributed by atoms with E-state index >= 15 is 0 Å². The normalized spacial score (nSPS) is 15.3. The molecule has 2 amide bonds. The summed E-state index contributed by atoms with van der Waals surface area (Å²) < 4.78 is 0. The molecule has 0 atom stereocenters. The highest BCUT2D eigenvalue weighted by Crippen LogP contribution is 2.21. The summed E-state index contributed by atoms with van der Waals surface area (Å²) in [6, 6.07) is 0. The standard InChI is InChI=1S/C18H24N6O2/c1-12(2)9-16(26)24-7-5-23(6-8-24)15-11-21-18-17(22-15)13(10-20-18)3-4-14(19)25/h3-4,10-12H,5-9H2,1-2H3,(H2,19,25)(H,20,21). The molecule has 8 nitrogen and oxygen atoms in total. The Morgan fingerprint density at radius 2 is 2.04 bits per heavy atom. The maximum atomic E-state index is 12.2. The van der Waals surface area contributed by atoms with Gasteiger partial charge in [-0.2, -0.15) is 0 Å². The fraction of sp³-hybridized carbons (Fsp3) is 0.444. The molecule has 8 heteroatoms. The third kappa shape index (κ3) is 4.01. The minimum Gasteiger partial charge on any atom is -0.366 e. The van der Waals surface area contributed by atoms with Crippen LogP contribution in [0.25, 0.3) is 17.2 Å². The molecule has 1 saturated heterocycles. The molecule has 3 rings (SSSR count). The van der Waals surface area contributed by atoms with Gasteiger partial charge in [-0.15, -0.1) is 0 Å². The number of hydrogen-bond acceptors (Lipinski definition) is 5. The molecule has 0 aliphatic carbocycles. The van der Waals surface area contributed by atoms with Crippen molar-refractivity contribution in [2.24, 2.45) is 11.7 Å². The molecule has 2 aromatic heterocycles. The van der Waals surface area contributed by atoms with Gasteiger partial charge in [-0.3, -0.25) is 9.59 Å². The molecule has 0 bridgehead atoms. The van der Waals surface area contributed by atoms with Crippen LogP contribution in [0.15, 0.2) is 18.5 Å². The minimum atomic E-state index is -0.509. The van der Waals surface area contributed by atoms with Gasteiger partial charge in [0.05, 0.1) is 6.20 Å². The Bertz CT molecular complexity index is 833. The van der Waals surface area contributed by atoms with Crippen molar-refractivity contribution in [1.82, 2.24) is 19.9 Å². The number of primary amides is 1. The number of aromatic amines is 1. The molecule has 0 radical (unpaired) electrons. The Balaban J connectivity index is 1.72. The molecular formula is C18H24N6O2. The fourth-order valence-corrected chi connectivity index (χ4v) is 3.02. The number of H-pyrrole nitrogens is 1. The Labute approximate surface area is 152 Å². The van der Waals surface area contributed by atoms with E-state index in [-0.39, 0.29) is 5.91 Å². The van der Waals surface area contributed by atoms with Gasteiger partial charge in [0, 0.05) is 50.4 Å². The van der Waals surface area contributed by atoms with E-state index in [0.717, 1.165) is 24.5 Å². The predicted molar refractivity (Wildman–Crippen MR) is 100 cm³/mol. The average molecular weight is 356 g/mol. The molecule has 0 unspecified atom stereocenters. The van der Waals surface area contributed by atoms with Gasteiger partial charge in [0.1, 0.15) is 11.3 Å². The third-order valence-corrected chi connectivity index (χ3v) is 4.36. The topological polar surface area (TPSA) is 108 Å². The van der Waals surface area contributed by atoms with Gasteiger partial charge in [-0.05, 0) is 12.0 Å². The summed E-state index contributed by atoms with van der Waals surface area (Å²) in [6.07, 6.45) is 6.99. The van der Waals surface area contributed by atoms with Crippen LogP contribution in [0, 0.1) is 5.92 Å². The molecule has 1 aliphatic rings. The third-order valence-electron chi connectivity index (χ3n) is 4.36. The van der Waals surface area contributed by atoms with E-state index in [2.05, 4.69) is 33.7 Å². The quantitative estimate of drug-likeness (QED) is 0.781. The Hall–Kier alpha value is -2.90. The summed E-state index contributed by atoms with van der Waals surface area (Å²) in [5, 5.41) is 0. The van der Waals surface area contributed by atoms with Gasteiger partial charge in [-0.25, -0.2) is 9.97 Å². The van der Waals surface area contributed by atoms with Crippen molar-refractivity contribution in [2.45, 2.75) is 20.3 Å². The van der Waals surface area contributed by atoms with Crippen molar-refractivity contribution in [3.05, 3.63) is 24.0 Å². The number of aromatic nitrogens is 3. The fourth-order valence-electron chi connectivity index (χ4n) is 3.02. The monoisotopic (exact) mass is 356 g/mol. The lowest BCUT2D eigenvalue weighted by Crippen LogP contribution is -2.49. The van der Waals surface area contributed by atoms with E-state index in [1.807, 2.05) is 4.90 Å². The molecule has 0 saturated carbocycles. The van der Waals surface area contributed by atoms with Crippen LogP contribution in [0.5, 0.6) is 0 Å².